The minimum atomic E-state index is -4.63. The number of hydrogen-bond donors (Lipinski definition) is 3. The second kappa shape index (κ2) is 40.9. The van der Waals surface area contributed by atoms with Crippen molar-refractivity contribution < 1.29 is 47.8 Å². The molecule has 0 radical (unpaired) electrons. The quantitative estimate of drug-likeness (QED) is 0.0236. The third kappa shape index (κ3) is 39.9. The number of aliphatic hydroxyl groups excluding tert-OH is 2. The summed E-state index contributed by atoms with van der Waals surface area (Å²) < 4.78 is 32.6. The summed E-state index contributed by atoms with van der Waals surface area (Å²) in [6, 6.07) is 0. The number of aliphatic hydroxyl groups is 2. The van der Waals surface area contributed by atoms with Gasteiger partial charge < -0.3 is 24.6 Å². The molecule has 56 heavy (non-hydrogen) atoms. The van der Waals surface area contributed by atoms with Gasteiger partial charge >= 0.3 is 19.8 Å². The standard InChI is InChI=1S/C45H79O10P/c1-3-5-7-9-11-13-15-17-18-19-20-21-22-23-24-25-27-28-30-32-34-36-44(48)52-40-43(41-54-56(50,51)53-39-42(47)38-46)55-45(49)37-35-33-31-29-26-16-14-12-10-8-6-4-2/h12,14,18-19,21-22,24-25,28,30,42-43,46-47H,3-11,13,15-17,20,23,26-27,29,31-41H2,1-2H3,(H,50,51)/b14-12+,19-18+,22-21+,25-24+,30-28+/t42-,43+/m1/s1. The molecule has 0 amide bonds. The highest BCUT2D eigenvalue weighted by Gasteiger charge is 2.27. The van der Waals surface area contributed by atoms with Crippen LogP contribution in [0.25, 0.3) is 0 Å². The molecule has 3 N–H and O–H groups in total. The van der Waals surface area contributed by atoms with Crippen LogP contribution in [0.5, 0.6) is 0 Å². The van der Waals surface area contributed by atoms with Gasteiger partial charge in [-0.15, -0.1) is 0 Å². The van der Waals surface area contributed by atoms with Crippen molar-refractivity contribution in [3.05, 3.63) is 60.8 Å². The van der Waals surface area contributed by atoms with Gasteiger partial charge in [0.25, 0.3) is 0 Å². The number of unbranched alkanes of at least 4 members (excludes halogenated alkanes) is 16. The number of carbonyl (C=O) groups is 2. The van der Waals surface area contributed by atoms with E-state index < -0.39 is 51.8 Å². The zero-order valence-corrected chi connectivity index (χ0v) is 36.0. The largest absolute Gasteiger partial charge is 0.472 e. The fourth-order valence-electron chi connectivity index (χ4n) is 5.51. The van der Waals surface area contributed by atoms with Crippen LogP contribution in [0.4, 0.5) is 0 Å². The number of carbonyl (C=O) groups excluding carboxylic acids is 2. The Morgan fingerprint density at radius 2 is 0.946 bits per heavy atom. The van der Waals surface area contributed by atoms with Crippen LogP contribution in [-0.4, -0.2) is 65.7 Å². The second-order valence-electron chi connectivity index (χ2n) is 14.4. The van der Waals surface area contributed by atoms with Crippen molar-refractivity contribution in [3.63, 3.8) is 0 Å². The molecular formula is C45H79O10P. The highest BCUT2D eigenvalue weighted by Crippen LogP contribution is 2.43. The van der Waals surface area contributed by atoms with Crippen LogP contribution >= 0.6 is 7.82 Å². The zero-order valence-electron chi connectivity index (χ0n) is 35.1. The van der Waals surface area contributed by atoms with Gasteiger partial charge in [0.2, 0.25) is 0 Å². The van der Waals surface area contributed by atoms with Crippen LogP contribution in [0.15, 0.2) is 60.8 Å². The first-order chi connectivity index (χ1) is 27.2. The number of hydrogen-bond acceptors (Lipinski definition) is 9. The van der Waals surface area contributed by atoms with Gasteiger partial charge in [-0.25, -0.2) is 4.57 Å². The molecule has 324 valence electrons. The van der Waals surface area contributed by atoms with Gasteiger partial charge in [-0.05, 0) is 77.0 Å². The molecular weight excluding hydrogens is 731 g/mol. The smallest absolute Gasteiger partial charge is 0.462 e. The van der Waals surface area contributed by atoms with Crippen LogP contribution in [0, 0.1) is 0 Å². The number of phosphoric ester groups is 1. The maximum absolute atomic E-state index is 12.6. The van der Waals surface area contributed by atoms with Gasteiger partial charge in [-0.3, -0.25) is 18.6 Å². The maximum atomic E-state index is 12.6. The van der Waals surface area contributed by atoms with Crippen molar-refractivity contribution in [3.8, 4) is 0 Å². The lowest BCUT2D eigenvalue weighted by Crippen LogP contribution is -2.29. The molecule has 0 saturated carbocycles. The minimum Gasteiger partial charge on any atom is -0.462 e. The molecule has 0 aromatic heterocycles. The summed E-state index contributed by atoms with van der Waals surface area (Å²) in [7, 11) is -4.63. The van der Waals surface area contributed by atoms with Crippen molar-refractivity contribution in [2.75, 3.05) is 26.4 Å². The number of allylic oxidation sites excluding steroid dienone is 10. The van der Waals surface area contributed by atoms with E-state index in [2.05, 4.69) is 73.1 Å². The molecule has 0 saturated heterocycles. The topological polar surface area (TPSA) is 149 Å². The Morgan fingerprint density at radius 3 is 1.50 bits per heavy atom. The van der Waals surface area contributed by atoms with Gasteiger partial charge in [0.05, 0.1) is 19.8 Å². The Hall–Kier alpha value is -2.33. The third-order valence-corrected chi connectivity index (χ3v) is 9.85. The predicted octanol–water partition coefficient (Wildman–Crippen LogP) is 11.5. The van der Waals surface area contributed by atoms with Crippen molar-refractivity contribution in [2.45, 2.75) is 187 Å². The van der Waals surface area contributed by atoms with E-state index in [1.165, 1.54) is 70.6 Å². The third-order valence-electron chi connectivity index (χ3n) is 8.89. The van der Waals surface area contributed by atoms with Crippen molar-refractivity contribution in [1.29, 1.82) is 0 Å². The highest BCUT2D eigenvalue weighted by atomic mass is 31.2. The zero-order chi connectivity index (χ0) is 41.2. The first-order valence-corrected chi connectivity index (χ1v) is 23.2. The van der Waals surface area contributed by atoms with Gasteiger partial charge in [0, 0.05) is 12.8 Å². The molecule has 0 heterocycles. The predicted molar refractivity (Wildman–Crippen MR) is 228 cm³/mol. The number of rotatable bonds is 40. The van der Waals surface area contributed by atoms with Gasteiger partial charge in [-0.2, -0.15) is 0 Å². The molecule has 10 nitrogen and oxygen atoms in total. The van der Waals surface area contributed by atoms with Crippen LogP contribution in [0.1, 0.15) is 174 Å². The van der Waals surface area contributed by atoms with E-state index in [1.807, 2.05) is 6.08 Å². The molecule has 0 aliphatic rings. The van der Waals surface area contributed by atoms with E-state index in [-0.39, 0.29) is 19.4 Å². The molecule has 3 atom stereocenters. The first-order valence-electron chi connectivity index (χ1n) is 21.7. The Labute approximate surface area is 340 Å². The average Bonchev–Trinajstić information content (AvgIpc) is 3.19. The Kier molecular flexibility index (Phi) is 39.2. The van der Waals surface area contributed by atoms with Crippen molar-refractivity contribution in [2.24, 2.45) is 0 Å². The molecule has 1 unspecified atom stereocenters. The Bertz CT molecular complexity index is 1120. The molecule has 11 heteroatoms. The fourth-order valence-corrected chi connectivity index (χ4v) is 6.30. The summed E-state index contributed by atoms with van der Waals surface area (Å²) >= 11 is 0. The Balaban J connectivity index is 4.37. The normalized spacial score (nSPS) is 14.4. The van der Waals surface area contributed by atoms with Gasteiger partial charge in [-0.1, -0.05) is 145 Å². The second-order valence-corrected chi connectivity index (χ2v) is 15.8. The lowest BCUT2D eigenvalue weighted by Gasteiger charge is -2.20. The Morgan fingerprint density at radius 1 is 0.536 bits per heavy atom. The van der Waals surface area contributed by atoms with Crippen LogP contribution in [-0.2, 0) is 32.7 Å². The van der Waals surface area contributed by atoms with E-state index in [0.29, 0.717) is 19.3 Å². The summed E-state index contributed by atoms with van der Waals surface area (Å²) in [6.07, 6.45) is 44.9. The van der Waals surface area contributed by atoms with Crippen molar-refractivity contribution in [1.82, 2.24) is 0 Å². The SMILES string of the molecule is CCCCC/C=C/CCCCCCCC(=O)O[C@@H](COC(=O)CCC/C=C/C/C=C/C/C=C/C/C=C/CCCCCCCCC)COP(=O)(O)OC[C@H](O)CO. The van der Waals surface area contributed by atoms with E-state index in [1.54, 1.807) is 0 Å². The molecule has 0 bridgehead atoms. The summed E-state index contributed by atoms with van der Waals surface area (Å²) in [5, 5.41) is 18.3. The summed E-state index contributed by atoms with van der Waals surface area (Å²) in [5.41, 5.74) is 0. The molecule has 0 spiro atoms. The average molecular weight is 811 g/mol. The molecule has 0 aromatic carbocycles. The number of ether oxygens (including phenoxy) is 2. The van der Waals surface area contributed by atoms with Crippen molar-refractivity contribution >= 4 is 19.8 Å². The molecule has 0 rings (SSSR count). The van der Waals surface area contributed by atoms with Crippen LogP contribution < -0.4 is 0 Å². The summed E-state index contributed by atoms with van der Waals surface area (Å²) in [6.45, 7) is 2.27. The first kappa shape index (κ1) is 53.7. The molecule has 0 aliphatic heterocycles. The van der Waals surface area contributed by atoms with Gasteiger partial charge in [0.1, 0.15) is 12.7 Å². The highest BCUT2D eigenvalue weighted by molar-refractivity contribution is 7.47. The fraction of sp³-hybridized carbons (Fsp3) is 0.733. The minimum absolute atomic E-state index is 0.160. The lowest BCUT2D eigenvalue weighted by atomic mass is 10.1. The lowest BCUT2D eigenvalue weighted by molar-refractivity contribution is -0.161. The monoisotopic (exact) mass is 811 g/mol. The van der Waals surface area contributed by atoms with E-state index in [4.69, 9.17) is 19.1 Å². The number of phosphoric acid groups is 1. The van der Waals surface area contributed by atoms with Crippen LogP contribution in [0.3, 0.4) is 0 Å². The van der Waals surface area contributed by atoms with Crippen LogP contribution in [0.2, 0.25) is 0 Å². The number of esters is 2. The van der Waals surface area contributed by atoms with E-state index >= 15 is 0 Å². The molecule has 0 aromatic rings. The summed E-state index contributed by atoms with van der Waals surface area (Å²) in [4.78, 5) is 34.9. The summed E-state index contributed by atoms with van der Waals surface area (Å²) in [5.74, 6) is -1.00. The molecule has 0 aliphatic carbocycles. The molecule has 0 fully saturated rings. The van der Waals surface area contributed by atoms with E-state index in [0.717, 1.165) is 57.8 Å². The maximum Gasteiger partial charge on any atom is 0.472 e. The van der Waals surface area contributed by atoms with Gasteiger partial charge in [0.15, 0.2) is 6.10 Å². The van der Waals surface area contributed by atoms with E-state index in [9.17, 15) is 24.2 Å².